The molecule has 3 aliphatic rings. The van der Waals surface area contributed by atoms with E-state index < -0.39 is 29.4 Å². The molecule has 0 N–H and O–H groups in total. The summed E-state index contributed by atoms with van der Waals surface area (Å²) in [4.78, 5) is 42.5. The number of esters is 1. The Morgan fingerprint density at radius 2 is 1.58 bits per heavy atom. The molecule has 2 aliphatic heterocycles. The van der Waals surface area contributed by atoms with Crippen LogP contribution in [0.5, 0.6) is 5.75 Å². The lowest BCUT2D eigenvalue weighted by Crippen LogP contribution is -2.44. The predicted octanol–water partition coefficient (Wildman–Crippen LogP) is 4.18. The highest BCUT2D eigenvalue weighted by Gasteiger charge is 2.73. The fourth-order valence-corrected chi connectivity index (χ4v) is 6.16. The van der Waals surface area contributed by atoms with Crippen molar-refractivity contribution < 1.29 is 23.9 Å². The zero-order chi connectivity index (χ0) is 25.0. The molecule has 3 aromatic carbocycles. The number of carbonyl (C=O) groups excluding carboxylic acids is 3. The number of hydrogen-bond donors (Lipinski definition) is 0. The van der Waals surface area contributed by atoms with Crippen LogP contribution in [0.1, 0.15) is 56.3 Å². The molecule has 1 fully saturated rings. The van der Waals surface area contributed by atoms with Crippen molar-refractivity contribution in [3.8, 4) is 5.75 Å². The minimum atomic E-state index is -1.59. The van der Waals surface area contributed by atoms with Gasteiger partial charge in [0.15, 0.2) is 17.6 Å². The molecule has 0 aromatic heterocycles. The van der Waals surface area contributed by atoms with Gasteiger partial charge in [0.1, 0.15) is 11.2 Å². The van der Waals surface area contributed by atoms with Gasteiger partial charge in [-0.25, -0.2) is 4.79 Å². The maximum Gasteiger partial charge on any atom is 0.331 e. The van der Waals surface area contributed by atoms with Crippen LogP contribution in [-0.4, -0.2) is 48.5 Å². The van der Waals surface area contributed by atoms with Crippen LogP contribution in [0.2, 0.25) is 0 Å². The van der Waals surface area contributed by atoms with Gasteiger partial charge in [-0.05, 0) is 35.7 Å². The number of methoxy groups -OCH3 is 1. The zero-order valence-corrected chi connectivity index (χ0v) is 19.9. The van der Waals surface area contributed by atoms with Crippen LogP contribution in [0, 0.1) is 5.41 Å². The van der Waals surface area contributed by atoms with Gasteiger partial charge >= 0.3 is 5.97 Å². The maximum atomic E-state index is 14.5. The molecular formula is C29H24N2O5. The lowest BCUT2D eigenvalue weighted by molar-refractivity contribution is -0.149. The standard InChI is InChI=1S/C29H24N2O5/c1-3-36-28(34)24-23(17-12-14-19(35-2)15-13-17)29(26(32)21-10-6-7-11-22(21)27(29)33)25-20-9-5-4-8-18(20)16-30-31(24)25/h4-16,23-25H,3H2,1-2H3/t23-,24+,25+/m1/s1. The summed E-state index contributed by atoms with van der Waals surface area (Å²) < 4.78 is 10.8. The van der Waals surface area contributed by atoms with Gasteiger partial charge in [0.05, 0.1) is 26.0 Å². The van der Waals surface area contributed by atoms with Crippen LogP contribution >= 0.6 is 0 Å². The molecule has 7 nitrogen and oxygen atoms in total. The van der Waals surface area contributed by atoms with Gasteiger partial charge in [0.2, 0.25) is 0 Å². The van der Waals surface area contributed by atoms with Crippen molar-refractivity contribution in [1.82, 2.24) is 5.01 Å². The van der Waals surface area contributed by atoms with Crippen LogP contribution in [0.3, 0.4) is 0 Å². The predicted molar refractivity (Wildman–Crippen MR) is 132 cm³/mol. The minimum absolute atomic E-state index is 0.165. The molecule has 0 radical (unpaired) electrons. The first-order valence-electron chi connectivity index (χ1n) is 11.9. The quantitative estimate of drug-likeness (QED) is 0.411. The van der Waals surface area contributed by atoms with E-state index in [0.717, 1.165) is 11.1 Å². The molecule has 0 amide bonds. The van der Waals surface area contributed by atoms with Crippen molar-refractivity contribution in [1.29, 1.82) is 0 Å². The number of hydrogen-bond acceptors (Lipinski definition) is 7. The molecule has 1 saturated heterocycles. The topological polar surface area (TPSA) is 85.3 Å². The van der Waals surface area contributed by atoms with E-state index in [9.17, 15) is 14.4 Å². The third-order valence-electron chi connectivity index (χ3n) is 7.58. The Morgan fingerprint density at radius 3 is 2.22 bits per heavy atom. The Balaban J connectivity index is 1.67. The van der Waals surface area contributed by atoms with Crippen molar-refractivity contribution in [2.75, 3.05) is 13.7 Å². The van der Waals surface area contributed by atoms with E-state index in [4.69, 9.17) is 9.47 Å². The van der Waals surface area contributed by atoms with E-state index in [1.165, 1.54) is 0 Å². The van der Waals surface area contributed by atoms with Crippen molar-refractivity contribution in [2.24, 2.45) is 10.5 Å². The molecule has 3 atom stereocenters. The molecule has 1 spiro atoms. The second-order valence-electron chi connectivity index (χ2n) is 9.18. The number of nitrogens with zero attached hydrogens (tertiary/aromatic N) is 2. The van der Waals surface area contributed by atoms with Crippen molar-refractivity contribution in [2.45, 2.75) is 24.9 Å². The van der Waals surface area contributed by atoms with Crippen molar-refractivity contribution in [3.63, 3.8) is 0 Å². The van der Waals surface area contributed by atoms with Gasteiger partial charge in [-0.15, -0.1) is 0 Å². The summed E-state index contributed by atoms with van der Waals surface area (Å²) in [6, 6.07) is 19.9. The van der Waals surface area contributed by atoms with Crippen LogP contribution in [0.4, 0.5) is 0 Å². The SMILES string of the molecule is CCOC(=O)[C@@H]1[C@@H](c2ccc(OC)cc2)C2(C(=O)c3ccccc3C2=O)[C@@H]2c3ccccc3C=NN12. The number of fused-ring (bicyclic) bond motifs is 5. The number of carbonyl (C=O) groups is 3. The molecule has 1 aliphatic carbocycles. The Bertz CT molecular complexity index is 1390. The Morgan fingerprint density at radius 1 is 0.944 bits per heavy atom. The van der Waals surface area contributed by atoms with Crippen molar-refractivity contribution >= 4 is 23.8 Å². The molecular weight excluding hydrogens is 456 g/mol. The Hall–Kier alpha value is -4.26. The zero-order valence-electron chi connectivity index (χ0n) is 19.9. The summed E-state index contributed by atoms with van der Waals surface area (Å²) in [6.45, 7) is 1.90. The number of benzene rings is 3. The molecule has 7 heteroatoms. The van der Waals surface area contributed by atoms with E-state index >= 15 is 0 Å². The van der Waals surface area contributed by atoms with Gasteiger partial charge < -0.3 is 9.47 Å². The smallest absolute Gasteiger partial charge is 0.331 e. The summed E-state index contributed by atoms with van der Waals surface area (Å²) in [5.74, 6) is -1.31. The molecule has 36 heavy (non-hydrogen) atoms. The van der Waals surface area contributed by atoms with Gasteiger partial charge in [-0.1, -0.05) is 60.7 Å². The first kappa shape index (κ1) is 22.2. The fourth-order valence-electron chi connectivity index (χ4n) is 6.16. The van der Waals surface area contributed by atoms with E-state index in [-0.39, 0.29) is 18.2 Å². The number of hydrazone groups is 1. The highest BCUT2D eigenvalue weighted by molar-refractivity contribution is 6.31. The molecule has 0 saturated carbocycles. The molecule has 2 heterocycles. The molecule has 0 bridgehead atoms. The highest BCUT2D eigenvalue weighted by atomic mass is 16.5. The van der Waals surface area contributed by atoms with Crippen LogP contribution < -0.4 is 4.74 Å². The lowest BCUT2D eigenvalue weighted by Gasteiger charge is -2.36. The lowest BCUT2D eigenvalue weighted by atomic mass is 9.63. The second-order valence-corrected chi connectivity index (χ2v) is 9.18. The molecule has 0 unspecified atom stereocenters. The molecule has 3 aromatic rings. The number of rotatable bonds is 4. The van der Waals surface area contributed by atoms with Crippen molar-refractivity contribution in [3.05, 3.63) is 101 Å². The normalized spacial score (nSPS) is 22.8. The average Bonchev–Trinajstić information content (AvgIpc) is 3.35. The Kier molecular flexibility index (Phi) is 5.03. The molecule has 180 valence electrons. The number of ether oxygens (including phenoxy) is 2. The number of Topliss-reactive ketones (excluding diaryl/α,β-unsaturated/α-hetero) is 2. The van der Waals surface area contributed by atoms with Gasteiger partial charge in [-0.3, -0.25) is 14.6 Å². The van der Waals surface area contributed by atoms with Gasteiger partial charge in [0.25, 0.3) is 0 Å². The summed E-state index contributed by atoms with van der Waals surface area (Å²) in [5, 5.41) is 6.28. The third-order valence-corrected chi connectivity index (χ3v) is 7.58. The second kappa shape index (κ2) is 8.16. The summed E-state index contributed by atoms with van der Waals surface area (Å²) >= 11 is 0. The largest absolute Gasteiger partial charge is 0.497 e. The monoisotopic (exact) mass is 480 g/mol. The third kappa shape index (κ3) is 2.80. The minimum Gasteiger partial charge on any atom is -0.497 e. The van der Waals surface area contributed by atoms with E-state index in [1.54, 1.807) is 61.7 Å². The first-order valence-corrected chi connectivity index (χ1v) is 11.9. The average molecular weight is 481 g/mol. The highest BCUT2D eigenvalue weighted by Crippen LogP contribution is 2.64. The summed E-state index contributed by atoms with van der Waals surface area (Å²) in [7, 11) is 1.57. The summed E-state index contributed by atoms with van der Waals surface area (Å²) in [6.07, 6.45) is 1.68. The number of ketones is 2. The summed E-state index contributed by atoms with van der Waals surface area (Å²) in [5.41, 5.74) is 1.42. The van der Waals surface area contributed by atoms with E-state index in [2.05, 4.69) is 5.10 Å². The van der Waals surface area contributed by atoms with E-state index in [1.807, 2.05) is 36.4 Å². The molecule has 6 rings (SSSR count). The maximum absolute atomic E-state index is 14.5. The first-order chi connectivity index (χ1) is 17.5. The van der Waals surface area contributed by atoms with Gasteiger partial charge in [-0.2, -0.15) is 5.10 Å². The van der Waals surface area contributed by atoms with Crippen LogP contribution in [0.25, 0.3) is 0 Å². The van der Waals surface area contributed by atoms with Crippen LogP contribution in [-0.2, 0) is 9.53 Å². The fraction of sp³-hybridized carbons (Fsp3) is 0.241. The van der Waals surface area contributed by atoms with Gasteiger partial charge in [0, 0.05) is 17.0 Å². The Labute approximate surface area is 208 Å². The van der Waals surface area contributed by atoms with E-state index in [0.29, 0.717) is 22.4 Å². The van der Waals surface area contributed by atoms with Crippen LogP contribution in [0.15, 0.2) is 77.9 Å².